The van der Waals surface area contributed by atoms with E-state index in [0.29, 0.717) is 23.6 Å². The lowest BCUT2D eigenvalue weighted by Crippen LogP contribution is -2.23. The molecule has 20 heavy (non-hydrogen) atoms. The Kier molecular flexibility index (Phi) is 2.70. The molecule has 3 atom stereocenters. The van der Waals surface area contributed by atoms with Crippen molar-refractivity contribution in [1.29, 1.82) is 0 Å². The highest BCUT2D eigenvalue weighted by atomic mass is 35.5. The van der Waals surface area contributed by atoms with Crippen molar-refractivity contribution in [2.75, 3.05) is 18.0 Å². The second-order valence-electron chi connectivity index (χ2n) is 5.42. The number of rotatable bonds is 3. The molecule has 2 aromatic rings. The Hall–Kier alpha value is -1.62. The largest absolute Gasteiger partial charge is 0.371 e. The molecule has 1 aliphatic heterocycles. The van der Waals surface area contributed by atoms with E-state index in [1.54, 1.807) is 12.1 Å². The average molecular weight is 294 g/mol. The average Bonchev–Trinajstić information content (AvgIpc) is 2.87. The zero-order valence-electron chi connectivity index (χ0n) is 10.7. The van der Waals surface area contributed by atoms with Crippen LogP contribution in [0.1, 0.15) is 17.6 Å². The summed E-state index contributed by atoms with van der Waals surface area (Å²) in [5, 5.41) is 3.99. The van der Waals surface area contributed by atoms with Crippen molar-refractivity contribution < 1.29 is 8.91 Å². The number of benzene rings is 1. The van der Waals surface area contributed by atoms with Gasteiger partial charge in [-0.05, 0) is 30.0 Å². The number of aromatic nitrogens is 2. The molecule has 0 bridgehead atoms. The van der Waals surface area contributed by atoms with Crippen molar-refractivity contribution in [3.05, 3.63) is 41.8 Å². The molecule has 4 rings (SSSR count). The van der Waals surface area contributed by atoms with Gasteiger partial charge >= 0.3 is 0 Å². The van der Waals surface area contributed by atoms with E-state index < -0.39 is 0 Å². The summed E-state index contributed by atoms with van der Waals surface area (Å²) in [6.07, 6.45) is 0. The first-order chi connectivity index (χ1) is 9.76. The second-order valence-corrected chi connectivity index (χ2v) is 5.69. The van der Waals surface area contributed by atoms with Gasteiger partial charge in [0.05, 0.1) is 0 Å². The predicted octanol–water partition coefficient (Wildman–Crippen LogP) is 2.80. The molecule has 4 nitrogen and oxygen atoms in total. The van der Waals surface area contributed by atoms with Crippen molar-refractivity contribution in [2.24, 2.45) is 11.8 Å². The summed E-state index contributed by atoms with van der Waals surface area (Å²) in [6, 6.07) is 6.75. The summed E-state index contributed by atoms with van der Waals surface area (Å²) < 4.78 is 18.3. The van der Waals surface area contributed by atoms with Crippen LogP contribution >= 0.6 is 11.6 Å². The van der Waals surface area contributed by atoms with Gasteiger partial charge in [-0.2, -0.15) is 4.98 Å². The lowest BCUT2D eigenvalue weighted by molar-refractivity contribution is 0.383. The van der Waals surface area contributed by atoms with Crippen molar-refractivity contribution in [1.82, 2.24) is 10.1 Å². The Morgan fingerprint density at radius 2 is 2.15 bits per heavy atom. The zero-order valence-corrected chi connectivity index (χ0v) is 11.4. The van der Waals surface area contributed by atoms with E-state index in [1.165, 1.54) is 6.07 Å². The summed E-state index contributed by atoms with van der Waals surface area (Å²) in [5.41, 5.74) is 0.950. The maximum Gasteiger partial charge on any atom is 0.241 e. The summed E-state index contributed by atoms with van der Waals surface area (Å²) >= 11 is 5.66. The van der Waals surface area contributed by atoms with E-state index in [2.05, 4.69) is 15.0 Å². The Labute approximate surface area is 120 Å². The standard InChI is InChI=1S/C14H13ClFN3O/c15-5-12-17-14(18-20-12)13-10-6-19(7-11(10)13)9-3-1-2-8(16)4-9/h1-4,10-11,13H,5-7H2/t10-,11+,13+. The molecule has 6 heteroatoms. The molecule has 0 spiro atoms. The smallest absolute Gasteiger partial charge is 0.241 e. The number of hydrogen-bond acceptors (Lipinski definition) is 4. The highest BCUT2D eigenvalue weighted by Gasteiger charge is 2.58. The number of anilines is 1. The van der Waals surface area contributed by atoms with Crippen LogP contribution in [-0.2, 0) is 5.88 Å². The maximum atomic E-state index is 13.2. The van der Waals surface area contributed by atoms with Crippen LogP contribution in [0.2, 0.25) is 0 Å². The van der Waals surface area contributed by atoms with Gasteiger partial charge in [-0.15, -0.1) is 11.6 Å². The van der Waals surface area contributed by atoms with Crippen LogP contribution in [0, 0.1) is 17.7 Å². The first kappa shape index (κ1) is 12.1. The number of hydrogen-bond donors (Lipinski definition) is 0. The molecule has 1 aromatic carbocycles. The summed E-state index contributed by atoms with van der Waals surface area (Å²) in [5.74, 6) is 2.77. The van der Waals surface area contributed by atoms with E-state index in [0.717, 1.165) is 24.6 Å². The van der Waals surface area contributed by atoms with Crippen molar-refractivity contribution in [2.45, 2.75) is 11.8 Å². The second kappa shape index (κ2) is 4.45. The molecular formula is C14H13ClFN3O. The first-order valence-electron chi connectivity index (χ1n) is 6.65. The van der Waals surface area contributed by atoms with E-state index >= 15 is 0 Å². The fourth-order valence-corrected chi connectivity index (χ4v) is 3.36. The summed E-state index contributed by atoms with van der Waals surface area (Å²) in [6.45, 7) is 1.84. The third kappa shape index (κ3) is 1.88. The van der Waals surface area contributed by atoms with Gasteiger partial charge in [0.2, 0.25) is 5.89 Å². The van der Waals surface area contributed by atoms with Gasteiger partial charge in [-0.1, -0.05) is 11.2 Å². The van der Waals surface area contributed by atoms with Gasteiger partial charge in [0.15, 0.2) is 5.82 Å². The number of fused-ring (bicyclic) bond motifs is 1. The maximum absolute atomic E-state index is 13.2. The van der Waals surface area contributed by atoms with Crippen molar-refractivity contribution in [3.63, 3.8) is 0 Å². The highest BCUT2D eigenvalue weighted by Crippen LogP contribution is 2.57. The van der Waals surface area contributed by atoms with Gasteiger partial charge in [0, 0.05) is 24.7 Å². The van der Waals surface area contributed by atoms with Crippen LogP contribution < -0.4 is 4.90 Å². The minimum Gasteiger partial charge on any atom is -0.371 e. The Bertz CT molecular complexity index is 635. The van der Waals surface area contributed by atoms with Crippen LogP contribution in [0.3, 0.4) is 0 Å². The van der Waals surface area contributed by atoms with Crippen LogP contribution in [0.4, 0.5) is 10.1 Å². The van der Waals surface area contributed by atoms with E-state index in [4.69, 9.17) is 16.1 Å². The summed E-state index contributed by atoms with van der Waals surface area (Å²) in [7, 11) is 0. The lowest BCUT2D eigenvalue weighted by atomic mass is 10.2. The fraction of sp³-hybridized carbons (Fsp3) is 0.429. The third-order valence-electron chi connectivity index (χ3n) is 4.26. The van der Waals surface area contributed by atoms with E-state index in [9.17, 15) is 4.39 Å². The quantitative estimate of drug-likeness (QED) is 0.816. The van der Waals surface area contributed by atoms with Gasteiger partial charge in [-0.3, -0.25) is 0 Å². The molecule has 1 aliphatic carbocycles. The molecule has 0 radical (unpaired) electrons. The zero-order chi connectivity index (χ0) is 13.7. The van der Waals surface area contributed by atoms with Crippen LogP contribution in [-0.4, -0.2) is 23.2 Å². The number of halogens is 2. The Morgan fingerprint density at radius 1 is 1.35 bits per heavy atom. The highest BCUT2D eigenvalue weighted by molar-refractivity contribution is 6.16. The first-order valence-corrected chi connectivity index (χ1v) is 7.18. The molecule has 2 heterocycles. The third-order valence-corrected chi connectivity index (χ3v) is 4.49. The van der Waals surface area contributed by atoms with Gasteiger partial charge in [0.25, 0.3) is 0 Å². The molecular weight excluding hydrogens is 281 g/mol. The molecule has 1 saturated heterocycles. The minimum atomic E-state index is -0.190. The molecule has 1 saturated carbocycles. The SMILES string of the molecule is Fc1cccc(N2C[C@@H]3[C@H](C2)[C@H]3c2noc(CCl)n2)c1. The number of alkyl halides is 1. The van der Waals surface area contributed by atoms with Crippen molar-refractivity contribution >= 4 is 17.3 Å². The molecule has 0 N–H and O–H groups in total. The van der Waals surface area contributed by atoms with Crippen LogP contribution in [0.15, 0.2) is 28.8 Å². The van der Waals surface area contributed by atoms with Gasteiger partial charge in [0.1, 0.15) is 11.7 Å². The number of nitrogens with zero attached hydrogens (tertiary/aromatic N) is 3. The van der Waals surface area contributed by atoms with Gasteiger partial charge in [-0.25, -0.2) is 4.39 Å². The Morgan fingerprint density at radius 3 is 2.80 bits per heavy atom. The molecule has 1 aromatic heterocycles. The van der Waals surface area contributed by atoms with Crippen LogP contribution in [0.5, 0.6) is 0 Å². The van der Waals surface area contributed by atoms with Crippen molar-refractivity contribution in [3.8, 4) is 0 Å². The van der Waals surface area contributed by atoms with E-state index in [1.807, 2.05) is 6.07 Å². The fourth-order valence-electron chi connectivity index (χ4n) is 3.25. The monoisotopic (exact) mass is 293 g/mol. The van der Waals surface area contributed by atoms with E-state index in [-0.39, 0.29) is 11.7 Å². The molecule has 104 valence electrons. The molecule has 0 unspecified atom stereocenters. The normalized spacial score (nSPS) is 27.7. The Balaban J connectivity index is 1.46. The molecule has 2 aliphatic rings. The minimum absolute atomic E-state index is 0.190. The molecule has 2 fully saturated rings. The lowest BCUT2D eigenvalue weighted by Gasteiger charge is -2.21. The molecule has 0 amide bonds. The van der Waals surface area contributed by atoms with Gasteiger partial charge < -0.3 is 9.42 Å². The predicted molar refractivity (Wildman–Crippen MR) is 72.2 cm³/mol. The number of piperidine rings is 1. The topological polar surface area (TPSA) is 42.2 Å². The van der Waals surface area contributed by atoms with Crippen LogP contribution in [0.25, 0.3) is 0 Å². The summed E-state index contributed by atoms with van der Waals surface area (Å²) in [4.78, 5) is 6.52.